The van der Waals surface area contributed by atoms with Crippen LogP contribution in [0.15, 0.2) is 25.3 Å². The van der Waals surface area contributed by atoms with Gasteiger partial charge in [-0.1, -0.05) is 0 Å². The lowest BCUT2D eigenvalue weighted by Gasteiger charge is -2.26. The molecule has 2 fully saturated rings. The van der Waals surface area contributed by atoms with Crippen molar-refractivity contribution in [1.82, 2.24) is 39.0 Å². The van der Waals surface area contributed by atoms with E-state index in [0.29, 0.717) is 0 Å². The SMILES string of the molecule is COCP(=O)(OCOC(=O)OC(C)C)OC[C@H]1O[C@@H](n2cnc3c(N)ncnc32)[C@H](F)[C@@H]1OP(=O)(OCOC(=O)OC(C)C)OC[C@@H]1C[C@@H](F)[C@H](n2cnc3c(N)ncnc32)O1. The molecule has 0 aliphatic carbocycles. The quantitative estimate of drug-likeness (QED) is 0.0716. The van der Waals surface area contributed by atoms with Crippen molar-refractivity contribution in [2.75, 3.05) is 51.7 Å². The van der Waals surface area contributed by atoms with Gasteiger partial charge in [0.1, 0.15) is 48.4 Å². The van der Waals surface area contributed by atoms with E-state index in [0.717, 1.165) is 17.2 Å². The van der Waals surface area contributed by atoms with Crippen molar-refractivity contribution < 1.29 is 83.3 Å². The zero-order chi connectivity index (χ0) is 44.8. The number of rotatable bonds is 20. The first kappa shape index (κ1) is 46.7. The standard InChI is InChI=1S/C32H44F2N10O16P2/c1-16(2)56-31(45)50-13-54-61(47,15-49-5)52-8-20-24(21(34)30(59-20)44-12-42-23-26(36)38-10-40-28(23)44)60-62(48,55-14-51-32(46)57-17(3)4)53-7-18-6-19(33)29(58-18)43-11-41-22-25(35)37-9-39-27(22)43/h9-12,16-21,24,29-30H,6-8,13-15H2,1-5H3,(H2,35,37,39)(H2,36,38,40)/t18-,19+,20+,21+,24+,29+,30+,61?,62?/m0/s1. The van der Waals surface area contributed by atoms with Gasteiger partial charge in [-0.25, -0.2) is 57.4 Å². The number of nitrogens with zero attached hydrogens (tertiary/aromatic N) is 8. The molecular formula is C32H44F2N10O16P2. The number of phosphoric ester groups is 1. The Balaban J connectivity index is 1.24. The summed E-state index contributed by atoms with van der Waals surface area (Å²) in [5, 5.41) is 0. The molecule has 6 rings (SSSR count). The first-order chi connectivity index (χ1) is 29.5. The molecule has 2 saturated heterocycles. The highest BCUT2D eigenvalue weighted by Gasteiger charge is 2.52. The van der Waals surface area contributed by atoms with Crippen LogP contribution in [0.4, 0.5) is 30.0 Å². The molecule has 4 aromatic rings. The Kier molecular flexibility index (Phi) is 15.2. The van der Waals surface area contributed by atoms with Gasteiger partial charge < -0.3 is 49.1 Å². The maximum atomic E-state index is 16.9. The third-order valence-corrected chi connectivity index (χ3v) is 11.6. The van der Waals surface area contributed by atoms with E-state index in [2.05, 4.69) is 29.9 Å². The van der Waals surface area contributed by atoms with Crippen LogP contribution in [-0.4, -0.2) is 134 Å². The largest absolute Gasteiger partial charge is 0.510 e. The van der Waals surface area contributed by atoms with Gasteiger partial charge in [-0.3, -0.25) is 27.3 Å². The molecule has 30 heteroatoms. The van der Waals surface area contributed by atoms with Crippen LogP contribution in [0.2, 0.25) is 0 Å². The van der Waals surface area contributed by atoms with Crippen LogP contribution in [0.25, 0.3) is 22.3 Å². The van der Waals surface area contributed by atoms with Crippen LogP contribution >= 0.6 is 15.4 Å². The molecule has 2 aliphatic rings. The highest BCUT2D eigenvalue weighted by molar-refractivity contribution is 7.53. The molecule has 9 atom stereocenters. The Morgan fingerprint density at radius 1 is 0.790 bits per heavy atom. The molecule has 4 N–H and O–H groups in total. The number of phosphoric acid groups is 1. The number of ether oxygens (including phenoxy) is 7. The maximum Gasteiger partial charge on any atom is 0.510 e. The summed E-state index contributed by atoms with van der Waals surface area (Å²) in [5.41, 5.74) is 12.3. The van der Waals surface area contributed by atoms with Gasteiger partial charge in [0, 0.05) is 13.5 Å². The number of nitrogens with two attached hydrogens (primary N) is 2. The smallest absolute Gasteiger partial charge is 0.432 e. The number of hydrogen-bond acceptors (Lipinski definition) is 24. The maximum absolute atomic E-state index is 16.9. The number of nitrogen functional groups attached to an aromatic ring is 2. The molecule has 0 saturated carbocycles. The van der Waals surface area contributed by atoms with Gasteiger partial charge in [0.25, 0.3) is 0 Å². The van der Waals surface area contributed by atoms with Crippen LogP contribution in [-0.2, 0) is 64.9 Å². The number of hydrogen-bond donors (Lipinski definition) is 2. The van der Waals surface area contributed by atoms with E-state index in [4.69, 9.17) is 67.2 Å². The predicted molar refractivity (Wildman–Crippen MR) is 203 cm³/mol. The normalized spacial score (nSPS) is 24.7. The summed E-state index contributed by atoms with van der Waals surface area (Å²) >= 11 is 0. The lowest BCUT2D eigenvalue weighted by Crippen LogP contribution is -2.34. The van der Waals surface area contributed by atoms with Gasteiger partial charge in [-0.05, 0) is 27.7 Å². The molecule has 0 aromatic carbocycles. The molecule has 2 unspecified atom stereocenters. The number of fused-ring (bicyclic) bond motifs is 2. The fourth-order valence-electron chi connectivity index (χ4n) is 5.97. The third-order valence-electron chi connectivity index (χ3n) is 8.59. The molecule has 0 bridgehead atoms. The molecule has 2 aliphatic heterocycles. The Labute approximate surface area is 350 Å². The number of imidazole rings is 2. The number of carbonyl (C=O) groups excluding carboxylic acids is 2. The summed E-state index contributed by atoms with van der Waals surface area (Å²) in [6.07, 6.45) is -11.6. The number of anilines is 2. The predicted octanol–water partition coefficient (Wildman–Crippen LogP) is 4.09. The number of methoxy groups -OCH3 is 1. The summed E-state index contributed by atoms with van der Waals surface area (Å²) in [6, 6.07) is 0. The van der Waals surface area contributed by atoms with Gasteiger partial charge in [-0.15, -0.1) is 0 Å². The Morgan fingerprint density at radius 3 is 1.92 bits per heavy atom. The van der Waals surface area contributed by atoms with Crippen LogP contribution < -0.4 is 11.5 Å². The van der Waals surface area contributed by atoms with Gasteiger partial charge in [0.05, 0.1) is 44.2 Å². The summed E-state index contributed by atoms with van der Waals surface area (Å²) in [7, 11) is -8.32. The van der Waals surface area contributed by atoms with Crippen LogP contribution in [0.5, 0.6) is 0 Å². The van der Waals surface area contributed by atoms with Crippen molar-refractivity contribution in [1.29, 1.82) is 0 Å². The molecule has 0 radical (unpaired) electrons. The summed E-state index contributed by atoms with van der Waals surface area (Å²) < 4.78 is 127. The van der Waals surface area contributed by atoms with Crippen molar-refractivity contribution in [3.63, 3.8) is 0 Å². The molecular weight excluding hydrogens is 880 g/mol. The molecule has 0 amide bonds. The molecule has 62 heavy (non-hydrogen) atoms. The van der Waals surface area contributed by atoms with E-state index >= 15 is 8.78 Å². The monoisotopic (exact) mass is 924 g/mol. The summed E-state index contributed by atoms with van der Waals surface area (Å²) in [6.45, 7) is 2.67. The Bertz CT molecular complexity index is 2270. The van der Waals surface area contributed by atoms with Gasteiger partial charge >= 0.3 is 27.7 Å². The van der Waals surface area contributed by atoms with E-state index in [1.807, 2.05) is 0 Å². The van der Waals surface area contributed by atoms with Gasteiger partial charge in [0.15, 0.2) is 41.6 Å². The Hall–Kier alpha value is -4.76. The van der Waals surface area contributed by atoms with Crippen LogP contribution in [0.1, 0.15) is 46.6 Å². The topological polar surface area (TPSA) is 318 Å². The molecule has 26 nitrogen and oxygen atoms in total. The lowest BCUT2D eigenvalue weighted by molar-refractivity contribution is -0.0640. The minimum Gasteiger partial charge on any atom is -0.432 e. The average molecular weight is 925 g/mol. The highest BCUT2D eigenvalue weighted by atomic mass is 31.2. The third kappa shape index (κ3) is 11.2. The minimum atomic E-state index is -5.14. The fourth-order valence-corrected chi connectivity index (χ4v) is 8.37. The second kappa shape index (κ2) is 20.2. The minimum absolute atomic E-state index is 0.0190. The average Bonchev–Trinajstić information content (AvgIpc) is 3.98. The van der Waals surface area contributed by atoms with Crippen molar-refractivity contribution in [2.45, 2.75) is 89.4 Å². The number of alkyl halides is 2. The van der Waals surface area contributed by atoms with Crippen LogP contribution in [0.3, 0.4) is 0 Å². The van der Waals surface area contributed by atoms with Gasteiger partial charge in [-0.2, -0.15) is 0 Å². The molecule has 4 aromatic heterocycles. The van der Waals surface area contributed by atoms with Crippen LogP contribution in [0, 0.1) is 0 Å². The van der Waals surface area contributed by atoms with Crippen molar-refractivity contribution in [3.8, 4) is 0 Å². The van der Waals surface area contributed by atoms with Crippen molar-refractivity contribution >= 4 is 61.7 Å². The first-order valence-electron chi connectivity index (χ1n) is 18.6. The molecule has 6 heterocycles. The van der Waals surface area contributed by atoms with E-state index in [-0.39, 0.29) is 40.4 Å². The van der Waals surface area contributed by atoms with Gasteiger partial charge in [0.2, 0.25) is 13.6 Å². The van der Waals surface area contributed by atoms with E-state index < -0.39 is 116 Å². The van der Waals surface area contributed by atoms with Crippen molar-refractivity contribution in [2.24, 2.45) is 0 Å². The second-order valence-electron chi connectivity index (χ2n) is 13.8. The zero-order valence-electron chi connectivity index (χ0n) is 33.7. The Morgan fingerprint density at radius 2 is 1.35 bits per heavy atom. The number of carbonyl (C=O) groups is 2. The van der Waals surface area contributed by atoms with E-state index in [1.165, 1.54) is 38.2 Å². The molecule has 0 spiro atoms. The van der Waals surface area contributed by atoms with E-state index in [1.54, 1.807) is 13.8 Å². The lowest BCUT2D eigenvalue weighted by atomic mass is 10.1. The number of halogens is 2. The highest BCUT2D eigenvalue weighted by Crippen LogP contribution is 2.55. The second-order valence-corrected chi connectivity index (χ2v) is 17.4. The fraction of sp³-hybridized carbons (Fsp3) is 0.625. The summed E-state index contributed by atoms with van der Waals surface area (Å²) in [4.78, 5) is 48.2. The molecule has 342 valence electrons. The first-order valence-corrected chi connectivity index (χ1v) is 21.7. The van der Waals surface area contributed by atoms with E-state index in [9.17, 15) is 18.7 Å². The van der Waals surface area contributed by atoms with Crippen molar-refractivity contribution in [3.05, 3.63) is 25.3 Å². The zero-order valence-corrected chi connectivity index (χ0v) is 35.5. The summed E-state index contributed by atoms with van der Waals surface area (Å²) in [5.74, 6) is 0.00921. The number of aromatic nitrogens is 8.